The van der Waals surface area contributed by atoms with E-state index in [0.717, 1.165) is 88.7 Å². The van der Waals surface area contributed by atoms with Crippen LogP contribution in [0, 0.1) is 0 Å². The summed E-state index contributed by atoms with van der Waals surface area (Å²) in [5.41, 5.74) is 12.9. The Labute approximate surface area is 324 Å². The Morgan fingerprint density at radius 1 is 0.316 bits per heavy atom. The van der Waals surface area contributed by atoms with Crippen molar-refractivity contribution in [3.63, 3.8) is 0 Å². The molecule has 0 unspecified atom stereocenters. The van der Waals surface area contributed by atoms with Crippen LogP contribution in [0.5, 0.6) is 0 Å². The lowest BCUT2D eigenvalue weighted by atomic mass is 9.89. The Balaban J connectivity index is 0.975. The van der Waals surface area contributed by atoms with Crippen LogP contribution >= 0.6 is 0 Å². The van der Waals surface area contributed by atoms with Gasteiger partial charge in [-0.1, -0.05) is 121 Å². The number of hydrogen-bond acceptors (Lipinski definition) is 5. The van der Waals surface area contributed by atoms with Gasteiger partial charge in [-0.3, -0.25) is 0 Å². The fourth-order valence-electron chi connectivity index (χ4n) is 9.18. The van der Waals surface area contributed by atoms with E-state index >= 15 is 0 Å². The molecule has 5 heteroatoms. The molecule has 0 aliphatic rings. The van der Waals surface area contributed by atoms with Crippen LogP contribution in [0.4, 0.5) is 0 Å². The predicted octanol–water partition coefficient (Wildman–Crippen LogP) is 14.6. The van der Waals surface area contributed by atoms with Crippen LogP contribution in [-0.2, 0) is 0 Å². The van der Waals surface area contributed by atoms with Crippen LogP contribution in [0.1, 0.15) is 0 Å². The maximum Gasteiger partial charge on any atom is 0.180 e. The molecular weight excluding hydrogens is 701 g/mol. The molecule has 5 nitrogen and oxygen atoms in total. The third kappa shape index (κ3) is 4.34. The van der Waals surface area contributed by atoms with Crippen molar-refractivity contribution < 1.29 is 13.3 Å². The third-order valence-electron chi connectivity index (χ3n) is 11.7. The molecule has 264 valence electrons. The van der Waals surface area contributed by atoms with Crippen molar-refractivity contribution in [2.24, 2.45) is 0 Å². The van der Waals surface area contributed by atoms with Gasteiger partial charge in [-0.25, -0.2) is 9.97 Å². The lowest BCUT2D eigenvalue weighted by Gasteiger charge is -2.13. The topological polar surface area (TPSA) is 65.2 Å². The molecular formula is C52H28N2O3. The van der Waals surface area contributed by atoms with E-state index < -0.39 is 0 Å². The molecule has 9 aromatic carbocycles. The molecule has 4 heterocycles. The summed E-state index contributed by atoms with van der Waals surface area (Å²) in [4.78, 5) is 10.3. The summed E-state index contributed by atoms with van der Waals surface area (Å²) in [6, 6.07) is 59.0. The molecule has 0 fully saturated rings. The number of benzene rings is 9. The maximum absolute atomic E-state index is 6.68. The van der Waals surface area contributed by atoms with Crippen molar-refractivity contribution in [2.45, 2.75) is 0 Å². The summed E-state index contributed by atoms with van der Waals surface area (Å²) in [6.45, 7) is 0. The lowest BCUT2D eigenvalue weighted by Crippen LogP contribution is -1.94. The highest BCUT2D eigenvalue weighted by molar-refractivity contribution is 6.35. The Bertz CT molecular complexity index is 3760. The van der Waals surface area contributed by atoms with E-state index in [0.29, 0.717) is 11.4 Å². The van der Waals surface area contributed by atoms with E-state index in [9.17, 15) is 0 Å². The molecule has 0 spiro atoms. The third-order valence-corrected chi connectivity index (χ3v) is 11.7. The van der Waals surface area contributed by atoms with Gasteiger partial charge in [-0.2, -0.15) is 0 Å². The summed E-state index contributed by atoms with van der Waals surface area (Å²) in [5, 5.41) is 10.3. The Morgan fingerprint density at radius 2 is 0.895 bits per heavy atom. The Hall–Kier alpha value is -7.76. The predicted molar refractivity (Wildman–Crippen MR) is 232 cm³/mol. The van der Waals surface area contributed by atoms with Crippen molar-refractivity contribution in [3.8, 4) is 44.9 Å². The minimum atomic E-state index is 0.643. The minimum absolute atomic E-state index is 0.643. The fraction of sp³-hybridized carbons (Fsp3) is 0. The highest BCUT2D eigenvalue weighted by Gasteiger charge is 2.21. The molecule has 0 amide bonds. The number of rotatable bonds is 4. The monoisotopic (exact) mass is 728 g/mol. The average Bonchev–Trinajstić information content (AvgIpc) is 3.97. The van der Waals surface area contributed by atoms with Crippen LogP contribution < -0.4 is 0 Å². The molecule has 4 aromatic heterocycles. The molecule has 0 atom stereocenters. The van der Waals surface area contributed by atoms with Crippen LogP contribution in [0.3, 0.4) is 0 Å². The first-order chi connectivity index (χ1) is 28.2. The second-order valence-electron chi connectivity index (χ2n) is 14.8. The second-order valence-corrected chi connectivity index (χ2v) is 14.8. The van der Waals surface area contributed by atoms with E-state index in [1.165, 1.54) is 32.3 Å². The quantitative estimate of drug-likeness (QED) is 0.169. The zero-order valence-electron chi connectivity index (χ0n) is 30.3. The number of aromatic nitrogens is 2. The summed E-state index contributed by atoms with van der Waals surface area (Å²) >= 11 is 0. The summed E-state index contributed by atoms with van der Waals surface area (Å²) < 4.78 is 19.4. The van der Waals surface area contributed by atoms with Crippen LogP contribution in [0.2, 0.25) is 0 Å². The van der Waals surface area contributed by atoms with Gasteiger partial charge in [0.2, 0.25) is 0 Å². The number of furan rings is 3. The van der Waals surface area contributed by atoms with E-state index in [1.54, 1.807) is 0 Å². The molecule has 0 N–H and O–H groups in total. The van der Waals surface area contributed by atoms with Crippen molar-refractivity contribution in [1.29, 1.82) is 0 Å². The van der Waals surface area contributed by atoms with Crippen LogP contribution in [0.25, 0.3) is 132 Å². The Morgan fingerprint density at radius 3 is 1.75 bits per heavy atom. The molecule has 0 aliphatic carbocycles. The van der Waals surface area contributed by atoms with Gasteiger partial charge in [0.05, 0.1) is 0 Å². The van der Waals surface area contributed by atoms with E-state index in [1.807, 2.05) is 36.4 Å². The van der Waals surface area contributed by atoms with Gasteiger partial charge in [0.15, 0.2) is 11.4 Å². The average molecular weight is 729 g/mol. The zero-order chi connectivity index (χ0) is 37.2. The molecule has 0 saturated carbocycles. The molecule has 0 aliphatic heterocycles. The maximum atomic E-state index is 6.68. The van der Waals surface area contributed by atoms with Gasteiger partial charge >= 0.3 is 0 Å². The molecule has 0 saturated heterocycles. The van der Waals surface area contributed by atoms with Gasteiger partial charge in [0.1, 0.15) is 39.1 Å². The first-order valence-electron chi connectivity index (χ1n) is 19.1. The number of hydrogen-bond donors (Lipinski definition) is 0. The van der Waals surface area contributed by atoms with Crippen LogP contribution in [0.15, 0.2) is 183 Å². The van der Waals surface area contributed by atoms with Crippen molar-refractivity contribution in [2.75, 3.05) is 0 Å². The number of fused-ring (bicyclic) bond motifs is 9. The van der Waals surface area contributed by atoms with Gasteiger partial charge < -0.3 is 13.3 Å². The first kappa shape index (κ1) is 30.6. The Kier molecular flexibility index (Phi) is 6.10. The van der Waals surface area contributed by atoms with Crippen molar-refractivity contribution in [1.82, 2.24) is 9.97 Å². The van der Waals surface area contributed by atoms with Crippen molar-refractivity contribution >= 4 is 87.5 Å². The number of para-hydroxylation sites is 1. The summed E-state index contributed by atoms with van der Waals surface area (Å²) in [5.74, 6) is 0.643. The largest absolute Gasteiger partial charge is 0.456 e. The van der Waals surface area contributed by atoms with Gasteiger partial charge in [0.25, 0.3) is 0 Å². The normalized spacial score (nSPS) is 12.2. The second kappa shape index (κ2) is 11.4. The molecule has 13 aromatic rings. The standard InChI is InChI=1S/C52H28N2O3/c1-2-11-29(12-3-1)49-51-50(38-15-4-5-21-40(38)57-51)54-52(53-49)32-14-6-13-30(27-32)34-17-8-22-41-46(34)37-26-25-31(28-44(37)56-41)33-16-7-18-35-36-19-9-23-42-47(36)48-39(45(33)35)20-10-24-43(48)55-42/h1-28H. The first-order valence-corrected chi connectivity index (χ1v) is 19.1. The highest BCUT2D eigenvalue weighted by Crippen LogP contribution is 2.46. The number of nitrogens with zero attached hydrogens (tertiary/aromatic N) is 2. The van der Waals surface area contributed by atoms with E-state index in [-0.39, 0.29) is 0 Å². The van der Waals surface area contributed by atoms with E-state index in [2.05, 4.69) is 133 Å². The van der Waals surface area contributed by atoms with Crippen molar-refractivity contribution in [3.05, 3.63) is 170 Å². The van der Waals surface area contributed by atoms with Gasteiger partial charge in [-0.05, 0) is 92.3 Å². The molecule has 13 rings (SSSR count). The zero-order valence-corrected chi connectivity index (χ0v) is 30.3. The summed E-state index contributed by atoms with van der Waals surface area (Å²) in [7, 11) is 0. The SMILES string of the molecule is c1ccc(-c2nc(-c3cccc(-c4cccc5oc6cc(-c7cccc8c9cccc%10oc%11cccc(c78)c%11c%109)ccc6c45)c3)nc3c2oc2ccccc23)cc1. The lowest BCUT2D eigenvalue weighted by molar-refractivity contribution is 0.667. The van der Waals surface area contributed by atoms with E-state index in [4.69, 9.17) is 23.2 Å². The highest BCUT2D eigenvalue weighted by atomic mass is 16.3. The molecule has 57 heavy (non-hydrogen) atoms. The minimum Gasteiger partial charge on any atom is -0.456 e. The molecule has 0 radical (unpaired) electrons. The molecule has 0 bridgehead atoms. The van der Waals surface area contributed by atoms with Crippen LogP contribution in [-0.4, -0.2) is 9.97 Å². The van der Waals surface area contributed by atoms with Gasteiger partial charge in [-0.15, -0.1) is 0 Å². The fourth-order valence-corrected chi connectivity index (χ4v) is 9.18. The smallest absolute Gasteiger partial charge is 0.180 e. The summed E-state index contributed by atoms with van der Waals surface area (Å²) in [6.07, 6.45) is 0. The van der Waals surface area contributed by atoms with Gasteiger partial charge in [0, 0.05) is 38.1 Å².